The van der Waals surface area contributed by atoms with E-state index in [-0.39, 0.29) is 17.1 Å². The lowest BCUT2D eigenvalue weighted by Gasteiger charge is -2.09. The molecule has 0 saturated carbocycles. The van der Waals surface area contributed by atoms with E-state index >= 15 is 0 Å². The summed E-state index contributed by atoms with van der Waals surface area (Å²) in [6.45, 7) is 2.52. The Morgan fingerprint density at radius 1 is 1.03 bits per heavy atom. The van der Waals surface area contributed by atoms with Crippen LogP contribution in [0, 0.1) is 0 Å². The van der Waals surface area contributed by atoms with Crippen molar-refractivity contribution >= 4 is 15.9 Å². The van der Waals surface area contributed by atoms with Crippen molar-refractivity contribution in [3.63, 3.8) is 0 Å². The number of nitrogens with one attached hydrogen (secondary N) is 1. The van der Waals surface area contributed by atoms with Gasteiger partial charge in [-0.1, -0.05) is 39.0 Å². The number of hydrogen-bond donors (Lipinski definition) is 2. The molecular weight excluding hydrogens is 392 g/mol. The second kappa shape index (κ2) is 11.5. The van der Waals surface area contributed by atoms with Crippen molar-refractivity contribution < 1.29 is 23.1 Å². The lowest BCUT2D eigenvalue weighted by atomic mass is 10.1. The molecule has 0 aliphatic carbocycles. The van der Waals surface area contributed by atoms with Crippen LogP contribution in [-0.4, -0.2) is 31.0 Å². The van der Waals surface area contributed by atoms with Gasteiger partial charge in [-0.15, -0.1) is 0 Å². The lowest BCUT2D eigenvalue weighted by molar-refractivity contribution is 0.0981. The molecule has 1 aromatic heterocycles. The third-order valence-electron chi connectivity index (χ3n) is 4.38. The van der Waals surface area contributed by atoms with Crippen molar-refractivity contribution in [2.75, 3.05) is 6.61 Å². The van der Waals surface area contributed by atoms with Crippen LogP contribution in [0.2, 0.25) is 0 Å². The van der Waals surface area contributed by atoms with Gasteiger partial charge in [0.15, 0.2) is 0 Å². The first-order chi connectivity index (χ1) is 14.0. The van der Waals surface area contributed by atoms with E-state index in [1.165, 1.54) is 56.1 Å². The molecule has 0 radical (unpaired) electrons. The summed E-state index contributed by atoms with van der Waals surface area (Å²) in [6.07, 6.45) is 8.23. The number of benzene rings is 1. The number of aliphatic hydroxyl groups is 1. The minimum Gasteiger partial charge on any atom is -0.494 e. The van der Waals surface area contributed by atoms with Crippen molar-refractivity contribution in [1.82, 2.24) is 9.71 Å². The maximum Gasteiger partial charge on any atom is 0.266 e. The number of aliphatic hydroxyl groups excluding tert-OH is 1. The van der Waals surface area contributed by atoms with Gasteiger partial charge in [0.05, 0.1) is 29.4 Å². The van der Waals surface area contributed by atoms with Gasteiger partial charge < -0.3 is 9.84 Å². The number of carbonyl (C=O) groups is 1. The van der Waals surface area contributed by atoms with Crippen LogP contribution in [0.1, 0.15) is 61.5 Å². The van der Waals surface area contributed by atoms with Crippen LogP contribution in [0.25, 0.3) is 0 Å². The Hall–Kier alpha value is -2.45. The van der Waals surface area contributed by atoms with Crippen LogP contribution in [0.5, 0.6) is 5.75 Å². The minimum absolute atomic E-state index is 0.0299. The zero-order chi connectivity index (χ0) is 21.1. The van der Waals surface area contributed by atoms with Crippen LogP contribution in [-0.2, 0) is 16.6 Å². The highest BCUT2D eigenvalue weighted by Gasteiger charge is 2.19. The van der Waals surface area contributed by atoms with Gasteiger partial charge in [0.2, 0.25) is 0 Å². The number of amides is 1. The molecule has 0 saturated heterocycles. The molecule has 8 heteroatoms. The van der Waals surface area contributed by atoms with Gasteiger partial charge >= 0.3 is 0 Å². The van der Waals surface area contributed by atoms with E-state index in [2.05, 4.69) is 11.9 Å². The summed E-state index contributed by atoms with van der Waals surface area (Å²) in [5.41, 5.74) is 0.477. The van der Waals surface area contributed by atoms with Crippen LogP contribution in [0.15, 0.2) is 47.5 Å². The molecule has 0 atom stereocenters. The van der Waals surface area contributed by atoms with Crippen molar-refractivity contribution in [3.8, 4) is 5.75 Å². The third-order valence-corrected chi connectivity index (χ3v) is 5.72. The maximum atomic E-state index is 12.4. The predicted molar refractivity (Wildman–Crippen MR) is 110 cm³/mol. The number of rotatable bonds is 12. The topological polar surface area (TPSA) is 106 Å². The minimum atomic E-state index is -4.01. The summed E-state index contributed by atoms with van der Waals surface area (Å²) >= 11 is 0. The fourth-order valence-corrected chi connectivity index (χ4v) is 3.65. The van der Waals surface area contributed by atoms with Gasteiger partial charge in [-0.25, -0.2) is 13.1 Å². The van der Waals surface area contributed by atoms with E-state index in [1.807, 2.05) is 4.72 Å². The molecule has 2 aromatic rings. The number of sulfonamides is 1. The van der Waals surface area contributed by atoms with E-state index in [0.717, 1.165) is 12.8 Å². The highest BCUT2D eigenvalue weighted by atomic mass is 32.2. The van der Waals surface area contributed by atoms with Crippen LogP contribution >= 0.6 is 0 Å². The van der Waals surface area contributed by atoms with Gasteiger partial charge in [0, 0.05) is 6.20 Å². The first kappa shape index (κ1) is 22.8. The number of carbonyl (C=O) groups excluding carboxylic acids is 1. The van der Waals surface area contributed by atoms with E-state index in [0.29, 0.717) is 18.1 Å². The molecule has 0 fully saturated rings. The van der Waals surface area contributed by atoms with Gasteiger partial charge in [-0.05, 0) is 42.8 Å². The molecule has 1 amide bonds. The first-order valence-electron chi connectivity index (χ1n) is 9.82. The van der Waals surface area contributed by atoms with E-state index in [4.69, 9.17) is 9.84 Å². The second-order valence-electron chi connectivity index (χ2n) is 6.72. The second-order valence-corrected chi connectivity index (χ2v) is 8.40. The van der Waals surface area contributed by atoms with Crippen molar-refractivity contribution in [3.05, 3.63) is 53.9 Å². The molecule has 0 unspecified atom stereocenters. The van der Waals surface area contributed by atoms with E-state index in [1.54, 1.807) is 12.1 Å². The lowest BCUT2D eigenvalue weighted by Crippen LogP contribution is -2.30. The quantitative estimate of drug-likeness (QED) is 0.510. The standard InChI is InChI=1S/C21H28N2O5S/c1-2-3-4-5-6-7-14-28-19-10-12-20(13-11-19)29(26,27)23-21(25)17-8-9-18(16-24)22-15-17/h8-13,15,24H,2-7,14,16H2,1H3,(H,23,25). The number of ether oxygens (including phenoxy) is 1. The number of pyridine rings is 1. The fourth-order valence-electron chi connectivity index (χ4n) is 2.68. The fraction of sp³-hybridized carbons (Fsp3) is 0.429. The molecule has 0 spiro atoms. The summed E-state index contributed by atoms with van der Waals surface area (Å²) in [5, 5.41) is 8.97. The highest BCUT2D eigenvalue weighted by Crippen LogP contribution is 2.17. The molecule has 0 aliphatic rings. The number of aromatic nitrogens is 1. The molecule has 7 nitrogen and oxygen atoms in total. The Bertz CT molecular complexity index is 865. The third kappa shape index (κ3) is 7.47. The summed E-state index contributed by atoms with van der Waals surface area (Å²) in [6, 6.07) is 8.82. The summed E-state index contributed by atoms with van der Waals surface area (Å²) < 4.78 is 32.5. The molecule has 2 rings (SSSR count). The van der Waals surface area contributed by atoms with E-state index in [9.17, 15) is 13.2 Å². The maximum absolute atomic E-state index is 12.4. The summed E-state index contributed by atoms with van der Waals surface area (Å²) in [7, 11) is -4.01. The van der Waals surface area contributed by atoms with Gasteiger partial charge in [-0.3, -0.25) is 9.78 Å². The molecule has 158 valence electrons. The van der Waals surface area contributed by atoms with Crippen LogP contribution in [0.4, 0.5) is 0 Å². The van der Waals surface area contributed by atoms with Crippen molar-refractivity contribution in [2.45, 2.75) is 57.0 Å². The molecule has 0 aliphatic heterocycles. The molecule has 1 heterocycles. The summed E-state index contributed by atoms with van der Waals surface area (Å²) in [4.78, 5) is 16.0. The van der Waals surface area contributed by atoms with Crippen LogP contribution in [0.3, 0.4) is 0 Å². The Labute approximate surface area is 172 Å². The Morgan fingerprint density at radius 2 is 1.72 bits per heavy atom. The molecule has 0 bridgehead atoms. The molecular formula is C21H28N2O5S. The van der Waals surface area contributed by atoms with Crippen molar-refractivity contribution in [1.29, 1.82) is 0 Å². The van der Waals surface area contributed by atoms with Crippen molar-refractivity contribution in [2.24, 2.45) is 0 Å². The summed E-state index contributed by atoms with van der Waals surface area (Å²) in [5.74, 6) is -0.196. The van der Waals surface area contributed by atoms with Gasteiger partial charge in [-0.2, -0.15) is 0 Å². The Balaban J connectivity index is 1.86. The van der Waals surface area contributed by atoms with Gasteiger partial charge in [0.1, 0.15) is 5.75 Å². The zero-order valence-corrected chi connectivity index (χ0v) is 17.5. The highest BCUT2D eigenvalue weighted by molar-refractivity contribution is 7.90. The monoisotopic (exact) mass is 420 g/mol. The largest absolute Gasteiger partial charge is 0.494 e. The molecule has 1 aromatic carbocycles. The van der Waals surface area contributed by atoms with E-state index < -0.39 is 15.9 Å². The number of hydrogen-bond acceptors (Lipinski definition) is 6. The Morgan fingerprint density at radius 3 is 2.34 bits per heavy atom. The number of unbranched alkanes of at least 4 members (excludes halogenated alkanes) is 5. The molecule has 2 N–H and O–H groups in total. The SMILES string of the molecule is CCCCCCCCOc1ccc(S(=O)(=O)NC(=O)c2ccc(CO)nc2)cc1. The predicted octanol–water partition coefficient (Wildman–Crippen LogP) is 3.43. The normalized spacial score (nSPS) is 11.2. The first-order valence-corrected chi connectivity index (χ1v) is 11.3. The van der Waals surface area contributed by atoms with Gasteiger partial charge in [0.25, 0.3) is 15.9 Å². The molecule has 29 heavy (non-hydrogen) atoms. The Kier molecular flexibility index (Phi) is 9.08. The average Bonchev–Trinajstić information content (AvgIpc) is 2.73. The number of nitrogens with zero attached hydrogens (tertiary/aromatic N) is 1. The average molecular weight is 421 g/mol. The smallest absolute Gasteiger partial charge is 0.266 e. The zero-order valence-electron chi connectivity index (χ0n) is 16.6. The van der Waals surface area contributed by atoms with Crippen LogP contribution < -0.4 is 9.46 Å².